The molecule has 1 aromatic heterocycles. The largest absolute Gasteiger partial charge is 0.351 e. The van der Waals surface area contributed by atoms with E-state index in [1.165, 1.54) is 0 Å². The van der Waals surface area contributed by atoms with Crippen molar-refractivity contribution < 1.29 is 4.79 Å². The maximum atomic E-state index is 12.2. The molecule has 2 rings (SSSR count). The molecule has 1 aromatic carbocycles. The minimum Gasteiger partial charge on any atom is -0.351 e. The number of nitrogens with zero attached hydrogens (tertiary/aromatic N) is 3. The van der Waals surface area contributed by atoms with Crippen molar-refractivity contribution in [1.82, 2.24) is 20.0 Å². The topological polar surface area (TPSA) is 50.2 Å². The highest BCUT2D eigenvalue weighted by Gasteiger charge is 2.08. The van der Waals surface area contributed by atoms with E-state index in [0.29, 0.717) is 12.1 Å². The maximum absolute atomic E-state index is 12.2. The van der Waals surface area contributed by atoms with Gasteiger partial charge in [-0.2, -0.15) is 5.10 Å². The van der Waals surface area contributed by atoms with Gasteiger partial charge in [0.2, 0.25) is 0 Å². The average Bonchev–Trinajstić information content (AvgIpc) is 2.98. The quantitative estimate of drug-likeness (QED) is 0.852. The van der Waals surface area contributed by atoms with E-state index < -0.39 is 0 Å². The molecular formula is C17H24N4O. The summed E-state index contributed by atoms with van der Waals surface area (Å²) in [5.41, 5.74) is 2.70. The Hall–Kier alpha value is -2.14. The first kappa shape index (κ1) is 16.2. The van der Waals surface area contributed by atoms with Crippen LogP contribution in [-0.4, -0.2) is 46.8 Å². The molecule has 5 nitrogen and oxygen atoms in total. The summed E-state index contributed by atoms with van der Waals surface area (Å²) >= 11 is 0. The van der Waals surface area contributed by atoms with Gasteiger partial charge < -0.3 is 10.2 Å². The average molecular weight is 300 g/mol. The number of aromatic nitrogens is 2. The van der Waals surface area contributed by atoms with Crippen LogP contribution in [0.1, 0.15) is 24.2 Å². The highest BCUT2D eigenvalue weighted by molar-refractivity contribution is 5.95. The Balaban J connectivity index is 1.98. The molecule has 0 aliphatic rings. The summed E-state index contributed by atoms with van der Waals surface area (Å²) in [6, 6.07) is 7.64. The van der Waals surface area contributed by atoms with Crippen molar-refractivity contribution in [3.8, 4) is 11.1 Å². The summed E-state index contributed by atoms with van der Waals surface area (Å²) in [6.45, 7) is 7.80. The van der Waals surface area contributed by atoms with E-state index in [1.54, 1.807) is 10.9 Å². The second kappa shape index (κ2) is 7.75. The van der Waals surface area contributed by atoms with Crippen molar-refractivity contribution in [3.63, 3.8) is 0 Å². The molecule has 2 aromatic rings. The number of aryl methyl sites for hydroxylation is 1. The van der Waals surface area contributed by atoms with Crippen molar-refractivity contribution in [3.05, 3.63) is 42.2 Å². The molecule has 0 radical (unpaired) electrons. The number of carbonyl (C=O) groups is 1. The van der Waals surface area contributed by atoms with Gasteiger partial charge in [-0.1, -0.05) is 26.0 Å². The highest BCUT2D eigenvalue weighted by atomic mass is 16.1. The number of amides is 1. The Morgan fingerprint density at radius 1 is 1.27 bits per heavy atom. The molecule has 0 unspecified atom stereocenters. The maximum Gasteiger partial charge on any atom is 0.251 e. The van der Waals surface area contributed by atoms with E-state index in [0.717, 1.165) is 30.8 Å². The Morgan fingerprint density at radius 2 is 2.05 bits per heavy atom. The number of hydrogen-bond donors (Lipinski definition) is 1. The van der Waals surface area contributed by atoms with Crippen LogP contribution in [-0.2, 0) is 7.05 Å². The summed E-state index contributed by atoms with van der Waals surface area (Å²) in [5, 5.41) is 7.15. The predicted molar refractivity (Wildman–Crippen MR) is 88.8 cm³/mol. The van der Waals surface area contributed by atoms with Gasteiger partial charge in [0, 0.05) is 37.5 Å². The van der Waals surface area contributed by atoms with E-state index in [1.807, 2.05) is 37.5 Å². The number of likely N-dealkylation sites (N-methyl/N-ethyl adjacent to an activating group) is 1. The van der Waals surface area contributed by atoms with E-state index in [2.05, 4.69) is 29.2 Å². The highest BCUT2D eigenvalue weighted by Crippen LogP contribution is 2.19. The molecule has 1 N–H and O–H groups in total. The predicted octanol–water partition coefficient (Wildman–Crippen LogP) is 2.16. The normalized spacial score (nSPS) is 10.9. The van der Waals surface area contributed by atoms with Crippen molar-refractivity contribution in [1.29, 1.82) is 0 Å². The fourth-order valence-corrected chi connectivity index (χ4v) is 2.38. The summed E-state index contributed by atoms with van der Waals surface area (Å²) in [6.07, 6.45) is 3.74. The molecule has 0 saturated carbocycles. The standard InChI is InChI=1S/C17H24N4O/c1-4-21(5-2)10-9-18-17(22)15-8-6-7-14(11-15)16-12-19-20(3)13-16/h6-8,11-13H,4-5,9-10H2,1-3H3,(H,18,22). The van der Waals surface area contributed by atoms with Gasteiger partial charge in [0.25, 0.3) is 5.91 Å². The van der Waals surface area contributed by atoms with Gasteiger partial charge in [-0.15, -0.1) is 0 Å². The molecule has 0 bridgehead atoms. The molecule has 1 amide bonds. The smallest absolute Gasteiger partial charge is 0.251 e. The Morgan fingerprint density at radius 3 is 2.68 bits per heavy atom. The Kier molecular flexibility index (Phi) is 5.72. The van der Waals surface area contributed by atoms with Gasteiger partial charge in [-0.05, 0) is 30.8 Å². The Labute approximate surface area is 131 Å². The third-order valence-electron chi connectivity index (χ3n) is 3.77. The molecule has 0 aliphatic carbocycles. The molecule has 118 valence electrons. The molecule has 0 atom stereocenters. The van der Waals surface area contributed by atoms with E-state index in [9.17, 15) is 4.79 Å². The van der Waals surface area contributed by atoms with Gasteiger partial charge in [-0.3, -0.25) is 9.48 Å². The van der Waals surface area contributed by atoms with Gasteiger partial charge in [-0.25, -0.2) is 0 Å². The molecular weight excluding hydrogens is 276 g/mol. The first-order valence-corrected chi connectivity index (χ1v) is 7.73. The van der Waals surface area contributed by atoms with Gasteiger partial charge in [0.1, 0.15) is 0 Å². The van der Waals surface area contributed by atoms with Crippen LogP contribution in [0.5, 0.6) is 0 Å². The van der Waals surface area contributed by atoms with Crippen LogP contribution in [0.25, 0.3) is 11.1 Å². The lowest BCUT2D eigenvalue weighted by molar-refractivity contribution is 0.0949. The molecule has 0 aliphatic heterocycles. The van der Waals surface area contributed by atoms with Gasteiger partial charge in [0.05, 0.1) is 6.20 Å². The van der Waals surface area contributed by atoms with Gasteiger partial charge in [0.15, 0.2) is 0 Å². The summed E-state index contributed by atoms with van der Waals surface area (Å²) in [4.78, 5) is 14.5. The zero-order chi connectivity index (χ0) is 15.9. The van der Waals surface area contributed by atoms with Crippen molar-refractivity contribution in [2.45, 2.75) is 13.8 Å². The number of hydrogen-bond acceptors (Lipinski definition) is 3. The Bertz CT molecular complexity index is 617. The molecule has 22 heavy (non-hydrogen) atoms. The first-order chi connectivity index (χ1) is 10.6. The number of benzene rings is 1. The van der Waals surface area contributed by atoms with Crippen molar-refractivity contribution in [2.75, 3.05) is 26.2 Å². The zero-order valence-corrected chi connectivity index (χ0v) is 13.5. The van der Waals surface area contributed by atoms with Gasteiger partial charge >= 0.3 is 0 Å². The second-order valence-corrected chi connectivity index (χ2v) is 5.27. The van der Waals surface area contributed by atoms with E-state index in [4.69, 9.17) is 0 Å². The minimum atomic E-state index is -0.0297. The van der Waals surface area contributed by atoms with Crippen molar-refractivity contribution in [2.24, 2.45) is 7.05 Å². The summed E-state index contributed by atoms with van der Waals surface area (Å²) < 4.78 is 1.76. The van der Waals surface area contributed by atoms with Crippen LogP contribution >= 0.6 is 0 Å². The van der Waals surface area contributed by atoms with Crippen LogP contribution in [0.2, 0.25) is 0 Å². The SMILES string of the molecule is CCN(CC)CCNC(=O)c1cccc(-c2cnn(C)c2)c1. The van der Waals surface area contributed by atoms with Crippen LogP contribution in [0, 0.1) is 0 Å². The van der Waals surface area contributed by atoms with Crippen molar-refractivity contribution >= 4 is 5.91 Å². The number of rotatable bonds is 7. The lowest BCUT2D eigenvalue weighted by atomic mass is 10.1. The fourth-order valence-electron chi connectivity index (χ4n) is 2.38. The third kappa shape index (κ3) is 4.18. The van der Waals surface area contributed by atoms with Crippen LogP contribution in [0.15, 0.2) is 36.7 Å². The molecule has 1 heterocycles. The first-order valence-electron chi connectivity index (χ1n) is 7.73. The van der Waals surface area contributed by atoms with Crippen LogP contribution in [0.4, 0.5) is 0 Å². The monoisotopic (exact) mass is 300 g/mol. The second-order valence-electron chi connectivity index (χ2n) is 5.27. The van der Waals surface area contributed by atoms with E-state index in [-0.39, 0.29) is 5.91 Å². The number of carbonyl (C=O) groups excluding carboxylic acids is 1. The summed E-state index contributed by atoms with van der Waals surface area (Å²) in [5.74, 6) is -0.0297. The lowest BCUT2D eigenvalue weighted by Gasteiger charge is -2.18. The lowest BCUT2D eigenvalue weighted by Crippen LogP contribution is -2.34. The fraction of sp³-hybridized carbons (Fsp3) is 0.412. The van der Waals surface area contributed by atoms with E-state index >= 15 is 0 Å². The van der Waals surface area contributed by atoms with Crippen LogP contribution < -0.4 is 5.32 Å². The van der Waals surface area contributed by atoms with Crippen LogP contribution in [0.3, 0.4) is 0 Å². The summed E-state index contributed by atoms with van der Waals surface area (Å²) in [7, 11) is 1.88. The molecule has 5 heteroatoms. The zero-order valence-electron chi connectivity index (χ0n) is 13.5. The molecule has 0 spiro atoms. The molecule has 0 fully saturated rings. The molecule has 0 saturated heterocycles. The third-order valence-corrected chi connectivity index (χ3v) is 3.77. The number of nitrogens with one attached hydrogen (secondary N) is 1. The minimum absolute atomic E-state index is 0.0297.